The summed E-state index contributed by atoms with van der Waals surface area (Å²) in [5.74, 6) is 0.921. The second-order valence-corrected chi connectivity index (χ2v) is 18.0. The first kappa shape index (κ1) is 33.8. The van der Waals surface area contributed by atoms with Gasteiger partial charge in [0.25, 0.3) is 0 Å². The number of fused-ring (bicyclic) bond motifs is 5. The van der Waals surface area contributed by atoms with Crippen LogP contribution in [0.15, 0.2) is 35.2 Å². The number of hydrogen-bond donors (Lipinski definition) is 6. The van der Waals surface area contributed by atoms with Gasteiger partial charge in [-0.15, -0.1) is 0 Å². The van der Waals surface area contributed by atoms with Gasteiger partial charge in [-0.2, -0.15) is 0 Å². The lowest BCUT2D eigenvalue weighted by atomic mass is 9.42. The highest BCUT2D eigenvalue weighted by atomic mass is 16.6. The van der Waals surface area contributed by atoms with Crippen LogP contribution in [0.4, 0.5) is 0 Å². The number of aliphatic hydroxyl groups is 4. The number of epoxide rings is 1. The fraction of sp³-hybridized carbons (Fsp3) is 0.821. The number of hydrogen-bond acceptors (Lipinski definition) is 8. The molecule has 0 unspecified atom stereocenters. The van der Waals surface area contributed by atoms with Crippen molar-refractivity contribution in [1.29, 1.82) is 0 Å². The van der Waals surface area contributed by atoms with Crippen molar-refractivity contribution in [3.63, 3.8) is 0 Å². The summed E-state index contributed by atoms with van der Waals surface area (Å²) in [6.07, 6.45) is 15.4. The van der Waals surface area contributed by atoms with Crippen molar-refractivity contribution in [2.24, 2.45) is 45.7 Å². The predicted octanol–water partition coefficient (Wildman–Crippen LogP) is 4.80. The second kappa shape index (κ2) is 11.1. The van der Waals surface area contributed by atoms with Gasteiger partial charge in [0.1, 0.15) is 12.2 Å². The molecule has 7 N–H and O–H groups in total. The molecule has 7 rings (SSSR count). The number of carbonyl (C=O) groups excluding carboxylic acids is 1. The van der Waals surface area contributed by atoms with Crippen molar-refractivity contribution in [2.75, 3.05) is 6.54 Å². The molecule has 0 amide bonds. The second-order valence-electron chi connectivity index (χ2n) is 18.0. The van der Waals surface area contributed by atoms with Crippen molar-refractivity contribution in [1.82, 2.24) is 5.32 Å². The molecule has 262 valence electrons. The first-order valence-corrected chi connectivity index (χ1v) is 18.7. The summed E-state index contributed by atoms with van der Waals surface area (Å²) in [7, 11) is 0. The minimum Gasteiger partial charge on any atom is -0.393 e. The van der Waals surface area contributed by atoms with Gasteiger partial charge in [-0.05, 0) is 136 Å². The van der Waals surface area contributed by atoms with Crippen LogP contribution in [0.25, 0.3) is 0 Å². The summed E-state index contributed by atoms with van der Waals surface area (Å²) < 4.78 is 6.27. The summed E-state index contributed by atoms with van der Waals surface area (Å²) in [6, 6.07) is 0. The number of carbonyl (C=O) groups is 1. The number of allylic oxidation sites excluding steroid dienone is 3. The van der Waals surface area contributed by atoms with E-state index in [1.165, 1.54) is 12.8 Å². The topological polar surface area (TPSA) is 149 Å². The fourth-order valence-corrected chi connectivity index (χ4v) is 12.3. The van der Waals surface area contributed by atoms with Crippen molar-refractivity contribution in [3.8, 4) is 0 Å². The SMILES string of the molecule is CC(C)(CCC1=CCNC(N)=C1)[C@@](C)(O)[C@H]1O[C@@H]1[C@](C)(O)[C@H]1CC[C@@]2(O)C3=CC(=O)[C@@H]4C[C@@H](O)CC[C@]4(C4CCCC4)[C@H]3CC[C@]12C. The zero-order valence-electron chi connectivity index (χ0n) is 29.4. The van der Waals surface area contributed by atoms with Gasteiger partial charge in [0.05, 0.1) is 28.7 Å². The third-order valence-corrected chi connectivity index (χ3v) is 15.5. The van der Waals surface area contributed by atoms with E-state index >= 15 is 0 Å². The molecule has 0 radical (unpaired) electrons. The Kier molecular flexibility index (Phi) is 8.01. The first-order valence-electron chi connectivity index (χ1n) is 18.7. The number of nitrogens with two attached hydrogens (primary N) is 1. The molecule has 2 aliphatic heterocycles. The highest BCUT2D eigenvalue weighted by Crippen LogP contribution is 2.71. The van der Waals surface area contributed by atoms with Crippen LogP contribution in [0.1, 0.15) is 118 Å². The van der Waals surface area contributed by atoms with Gasteiger partial charge in [0, 0.05) is 17.9 Å². The van der Waals surface area contributed by atoms with Crippen LogP contribution in [-0.2, 0) is 9.53 Å². The molecular formula is C39H60N2O6. The molecular weight excluding hydrogens is 592 g/mol. The molecule has 0 aromatic heterocycles. The Morgan fingerprint density at radius 3 is 2.40 bits per heavy atom. The maximum Gasteiger partial charge on any atom is 0.159 e. The monoisotopic (exact) mass is 652 g/mol. The standard InChI is InChI=1S/C39H60N2O6/c1-34(2,15-10-23-14-19-41-31(40)20-23)37(5,45)33-32(47-33)36(4,44)30-13-18-39(46)27-22-29(43)28-21-25(42)11-17-38(28,24-8-6-7-9-24)26(27)12-16-35(30,39)3/h14,20,22,24-26,28,30,32-33,41-42,44-46H,6-13,15-19,21,40H2,1-5H3/t25-,26-,28-,30-,32-,33-,35+,36+,37-,38-,39+/m0/s1. The van der Waals surface area contributed by atoms with E-state index in [1.54, 1.807) is 6.08 Å². The van der Waals surface area contributed by atoms with Crippen LogP contribution < -0.4 is 11.1 Å². The average molecular weight is 653 g/mol. The summed E-state index contributed by atoms with van der Waals surface area (Å²) in [4.78, 5) is 14.0. The van der Waals surface area contributed by atoms with Gasteiger partial charge in [-0.1, -0.05) is 39.7 Å². The molecule has 2 heterocycles. The van der Waals surface area contributed by atoms with E-state index in [4.69, 9.17) is 10.5 Å². The third kappa shape index (κ3) is 4.89. The summed E-state index contributed by atoms with van der Waals surface area (Å²) in [6.45, 7) is 10.7. The van der Waals surface area contributed by atoms with E-state index in [2.05, 4.69) is 32.2 Å². The van der Waals surface area contributed by atoms with Crippen LogP contribution in [0, 0.1) is 39.9 Å². The van der Waals surface area contributed by atoms with Crippen LogP contribution in [0.2, 0.25) is 0 Å². The summed E-state index contributed by atoms with van der Waals surface area (Å²) in [5.41, 5.74) is 3.08. The largest absolute Gasteiger partial charge is 0.393 e. The number of aliphatic hydroxyl groups excluding tert-OH is 1. The average Bonchev–Trinajstić information content (AvgIpc) is 3.56. The lowest BCUT2D eigenvalue weighted by molar-refractivity contribution is -0.162. The smallest absolute Gasteiger partial charge is 0.159 e. The molecule has 0 bridgehead atoms. The van der Waals surface area contributed by atoms with Crippen LogP contribution in [-0.4, -0.2) is 67.9 Å². The molecule has 1 saturated heterocycles. The van der Waals surface area contributed by atoms with Crippen molar-refractivity contribution >= 4 is 5.78 Å². The molecule has 5 fully saturated rings. The van der Waals surface area contributed by atoms with Crippen LogP contribution >= 0.6 is 0 Å². The zero-order valence-corrected chi connectivity index (χ0v) is 29.4. The van der Waals surface area contributed by atoms with Crippen molar-refractivity contribution in [3.05, 3.63) is 35.2 Å². The van der Waals surface area contributed by atoms with Gasteiger partial charge in [0.2, 0.25) is 0 Å². The van der Waals surface area contributed by atoms with Crippen LogP contribution in [0.5, 0.6) is 0 Å². The predicted molar refractivity (Wildman–Crippen MR) is 181 cm³/mol. The molecule has 0 aromatic carbocycles. The van der Waals surface area contributed by atoms with Crippen molar-refractivity contribution in [2.45, 2.75) is 153 Å². The first-order chi connectivity index (χ1) is 22.0. The fourth-order valence-electron chi connectivity index (χ4n) is 12.3. The summed E-state index contributed by atoms with van der Waals surface area (Å²) >= 11 is 0. The Bertz CT molecular complexity index is 1370. The number of dihydropyridines is 1. The number of ketones is 1. The Morgan fingerprint density at radius 2 is 1.70 bits per heavy atom. The molecule has 8 heteroatoms. The molecule has 47 heavy (non-hydrogen) atoms. The van der Waals surface area contributed by atoms with E-state index in [0.29, 0.717) is 37.5 Å². The Morgan fingerprint density at radius 1 is 0.979 bits per heavy atom. The van der Waals surface area contributed by atoms with Gasteiger partial charge < -0.3 is 36.2 Å². The maximum atomic E-state index is 14.0. The highest BCUT2D eigenvalue weighted by Gasteiger charge is 2.73. The molecule has 8 nitrogen and oxygen atoms in total. The van der Waals surface area contributed by atoms with Gasteiger partial charge in [0.15, 0.2) is 5.78 Å². The Labute approximate surface area is 281 Å². The normalized spacial score (nSPS) is 44.5. The Balaban J connectivity index is 1.13. The van der Waals surface area contributed by atoms with E-state index < -0.39 is 45.9 Å². The molecule has 7 aliphatic rings. The lowest BCUT2D eigenvalue weighted by Gasteiger charge is -2.62. The van der Waals surface area contributed by atoms with E-state index in [1.807, 2.05) is 19.9 Å². The maximum absolute atomic E-state index is 14.0. The van der Waals surface area contributed by atoms with E-state index in [-0.39, 0.29) is 29.0 Å². The number of rotatable bonds is 8. The molecule has 5 aliphatic carbocycles. The van der Waals surface area contributed by atoms with Crippen LogP contribution in [0.3, 0.4) is 0 Å². The lowest BCUT2D eigenvalue weighted by Crippen LogP contribution is -2.63. The van der Waals surface area contributed by atoms with Crippen molar-refractivity contribution < 1.29 is 30.0 Å². The van der Waals surface area contributed by atoms with E-state index in [0.717, 1.165) is 62.5 Å². The minimum absolute atomic E-state index is 0.0945. The highest BCUT2D eigenvalue weighted by molar-refractivity contribution is 5.95. The third-order valence-electron chi connectivity index (χ3n) is 15.5. The molecule has 4 saturated carbocycles. The molecule has 11 atom stereocenters. The van der Waals surface area contributed by atoms with Gasteiger partial charge >= 0.3 is 0 Å². The summed E-state index contributed by atoms with van der Waals surface area (Å²) in [5, 5.41) is 51.1. The molecule has 0 aromatic rings. The quantitative estimate of drug-likeness (QED) is 0.205. The number of ether oxygens (including phenoxy) is 1. The minimum atomic E-state index is -1.27. The zero-order chi connectivity index (χ0) is 33.8. The molecule has 0 spiro atoms. The number of nitrogens with one attached hydrogen (secondary N) is 1. The van der Waals surface area contributed by atoms with Gasteiger partial charge in [-0.3, -0.25) is 4.79 Å². The van der Waals surface area contributed by atoms with E-state index in [9.17, 15) is 25.2 Å². The Hall–Kier alpha value is -1.71. The van der Waals surface area contributed by atoms with Gasteiger partial charge in [-0.25, -0.2) is 0 Å².